The number of fused-ring (bicyclic) bond motifs is 2. The van der Waals surface area contributed by atoms with Gasteiger partial charge in [0.15, 0.2) is 0 Å². The van der Waals surface area contributed by atoms with Crippen molar-refractivity contribution in [3.8, 4) is 0 Å². The Kier molecular flexibility index (Phi) is 4.57. The van der Waals surface area contributed by atoms with Crippen LogP contribution in [0, 0.1) is 5.41 Å². The molecule has 5 rings (SSSR count). The van der Waals surface area contributed by atoms with E-state index in [1.807, 2.05) is 23.1 Å². The lowest BCUT2D eigenvalue weighted by atomic mass is 9.69. The van der Waals surface area contributed by atoms with Gasteiger partial charge in [-0.1, -0.05) is 30.3 Å². The minimum atomic E-state index is -0.560. The highest BCUT2D eigenvalue weighted by Crippen LogP contribution is 2.52. The highest BCUT2D eigenvalue weighted by atomic mass is 16.2. The van der Waals surface area contributed by atoms with Crippen molar-refractivity contribution < 1.29 is 9.59 Å². The summed E-state index contributed by atoms with van der Waals surface area (Å²) in [6.45, 7) is 0. The van der Waals surface area contributed by atoms with Crippen LogP contribution in [0.5, 0.6) is 0 Å². The second kappa shape index (κ2) is 7.25. The second-order valence-corrected chi connectivity index (χ2v) is 8.71. The smallest absolute Gasteiger partial charge is 0.256 e. The molecule has 6 heteroatoms. The second-order valence-electron chi connectivity index (χ2n) is 8.71. The van der Waals surface area contributed by atoms with Crippen LogP contribution in [-0.2, 0) is 11.2 Å². The van der Waals surface area contributed by atoms with E-state index in [-0.39, 0.29) is 23.9 Å². The van der Waals surface area contributed by atoms with Crippen LogP contribution in [0.4, 0.5) is 0 Å². The number of carbonyl (C=O) groups is 2. The van der Waals surface area contributed by atoms with Crippen LogP contribution >= 0.6 is 0 Å². The summed E-state index contributed by atoms with van der Waals surface area (Å²) in [5.74, 6) is 0.0997. The van der Waals surface area contributed by atoms with Gasteiger partial charge < -0.3 is 10.2 Å². The van der Waals surface area contributed by atoms with Crippen LogP contribution in [0.25, 0.3) is 0 Å². The van der Waals surface area contributed by atoms with Gasteiger partial charge in [0.05, 0.1) is 23.4 Å². The maximum absolute atomic E-state index is 13.6. The average Bonchev–Trinajstić information content (AvgIpc) is 3.28. The maximum atomic E-state index is 13.6. The third kappa shape index (κ3) is 3.11. The van der Waals surface area contributed by atoms with Crippen LogP contribution < -0.4 is 5.32 Å². The van der Waals surface area contributed by atoms with E-state index in [9.17, 15) is 9.59 Å². The summed E-state index contributed by atoms with van der Waals surface area (Å²) in [5.41, 5.74) is 1.14. The number of nitrogens with zero attached hydrogens (tertiary/aromatic N) is 3. The van der Waals surface area contributed by atoms with E-state index in [0.717, 1.165) is 37.7 Å². The van der Waals surface area contributed by atoms with Gasteiger partial charge in [-0.3, -0.25) is 9.59 Å². The Bertz CT molecular complexity index is 900. The molecule has 0 spiro atoms. The van der Waals surface area contributed by atoms with Crippen LogP contribution in [0.15, 0.2) is 48.8 Å². The van der Waals surface area contributed by atoms with E-state index in [1.165, 1.54) is 12.6 Å². The topological polar surface area (TPSA) is 75.2 Å². The zero-order valence-corrected chi connectivity index (χ0v) is 16.5. The Morgan fingerprint density at radius 1 is 1.07 bits per heavy atom. The molecule has 3 aliphatic rings. The van der Waals surface area contributed by atoms with Crippen molar-refractivity contribution in [3.05, 3.63) is 59.9 Å². The first-order valence-electron chi connectivity index (χ1n) is 10.6. The van der Waals surface area contributed by atoms with Crippen LogP contribution in [0.3, 0.4) is 0 Å². The molecule has 2 aromatic rings. The molecule has 1 aromatic carbocycles. The Labute approximate surface area is 170 Å². The largest absolute Gasteiger partial charge is 0.353 e. The molecule has 3 fully saturated rings. The van der Waals surface area contributed by atoms with E-state index in [2.05, 4.69) is 27.6 Å². The first kappa shape index (κ1) is 18.3. The highest BCUT2D eigenvalue weighted by Gasteiger charge is 2.61. The molecule has 2 aliphatic heterocycles. The van der Waals surface area contributed by atoms with E-state index in [4.69, 9.17) is 0 Å². The third-order valence-corrected chi connectivity index (χ3v) is 7.06. The van der Waals surface area contributed by atoms with Gasteiger partial charge in [0.2, 0.25) is 5.91 Å². The fourth-order valence-electron chi connectivity index (χ4n) is 5.41. The summed E-state index contributed by atoms with van der Waals surface area (Å²) in [6, 6.07) is 12.2. The first-order valence-corrected chi connectivity index (χ1v) is 10.6. The van der Waals surface area contributed by atoms with Crippen molar-refractivity contribution >= 4 is 11.8 Å². The molecule has 0 unspecified atom stereocenters. The minimum absolute atomic E-state index is 0.0289. The standard InChI is InChI=1S/C23H26N4O2/c28-21(17-11-12-24-25-15-17)27-19-9-10-20(27)23(14-19,13-16-5-2-1-3-6-16)22(29)26-18-7-4-8-18/h1-3,5-6,11-12,15,18-20H,4,7-10,13-14H2,(H,26,29)/t19-,20+,23+/m1/s1. The molecule has 1 N–H and O–H groups in total. The number of amides is 2. The van der Waals surface area contributed by atoms with Crippen LogP contribution in [-0.4, -0.2) is 45.0 Å². The normalized spacial score (nSPS) is 28.2. The molecule has 2 bridgehead atoms. The van der Waals surface area contributed by atoms with Gasteiger partial charge in [-0.05, 0) is 56.6 Å². The van der Waals surface area contributed by atoms with Gasteiger partial charge >= 0.3 is 0 Å². The molecular weight excluding hydrogens is 364 g/mol. The number of nitrogens with one attached hydrogen (secondary N) is 1. The maximum Gasteiger partial charge on any atom is 0.256 e. The van der Waals surface area contributed by atoms with Crippen molar-refractivity contribution in [2.45, 2.75) is 63.1 Å². The molecule has 1 aromatic heterocycles. The molecular formula is C23H26N4O2. The number of rotatable bonds is 5. The average molecular weight is 390 g/mol. The zero-order chi connectivity index (χ0) is 19.8. The summed E-state index contributed by atoms with van der Waals surface area (Å²) in [7, 11) is 0. The van der Waals surface area contributed by atoms with Gasteiger partial charge in [-0.2, -0.15) is 10.2 Å². The summed E-state index contributed by atoms with van der Waals surface area (Å²) < 4.78 is 0. The lowest BCUT2D eigenvalue weighted by molar-refractivity contribution is -0.134. The van der Waals surface area contributed by atoms with Crippen molar-refractivity contribution in [3.63, 3.8) is 0 Å². The Morgan fingerprint density at radius 2 is 1.90 bits per heavy atom. The molecule has 6 nitrogen and oxygen atoms in total. The van der Waals surface area contributed by atoms with Crippen molar-refractivity contribution in [2.75, 3.05) is 0 Å². The van der Waals surface area contributed by atoms with Crippen LogP contribution in [0.2, 0.25) is 0 Å². The Hall–Kier alpha value is -2.76. The van der Waals surface area contributed by atoms with Crippen LogP contribution in [0.1, 0.15) is 54.4 Å². The molecule has 3 heterocycles. The number of hydrogen-bond donors (Lipinski definition) is 1. The van der Waals surface area contributed by atoms with E-state index in [1.54, 1.807) is 12.3 Å². The van der Waals surface area contributed by atoms with Gasteiger partial charge in [0.1, 0.15) is 0 Å². The number of benzene rings is 1. The van der Waals surface area contributed by atoms with Gasteiger partial charge in [-0.15, -0.1) is 0 Å². The Morgan fingerprint density at radius 3 is 2.59 bits per heavy atom. The fourth-order valence-corrected chi connectivity index (χ4v) is 5.41. The van der Waals surface area contributed by atoms with E-state index >= 15 is 0 Å². The predicted octanol–water partition coefficient (Wildman–Crippen LogP) is 2.75. The monoisotopic (exact) mass is 390 g/mol. The Balaban J connectivity index is 1.47. The quantitative estimate of drug-likeness (QED) is 0.852. The molecule has 3 atom stereocenters. The van der Waals surface area contributed by atoms with E-state index in [0.29, 0.717) is 18.0 Å². The summed E-state index contributed by atoms with van der Waals surface area (Å²) in [4.78, 5) is 28.9. The molecule has 1 aliphatic carbocycles. The lowest BCUT2D eigenvalue weighted by Crippen LogP contribution is -2.54. The highest BCUT2D eigenvalue weighted by molar-refractivity contribution is 5.96. The first-order chi connectivity index (χ1) is 14.2. The summed E-state index contributed by atoms with van der Waals surface area (Å²) in [5, 5.41) is 11.0. The number of hydrogen-bond acceptors (Lipinski definition) is 4. The summed E-state index contributed by atoms with van der Waals surface area (Å²) >= 11 is 0. The van der Waals surface area contributed by atoms with Crippen molar-refractivity contribution in [2.24, 2.45) is 5.41 Å². The number of aromatic nitrogens is 2. The van der Waals surface area contributed by atoms with Gasteiger partial charge in [0.25, 0.3) is 5.91 Å². The molecule has 2 saturated heterocycles. The molecule has 2 amide bonds. The molecule has 1 saturated carbocycles. The van der Waals surface area contributed by atoms with Gasteiger partial charge in [0, 0.05) is 18.1 Å². The predicted molar refractivity (Wildman–Crippen MR) is 108 cm³/mol. The number of carbonyl (C=O) groups excluding carboxylic acids is 2. The zero-order valence-electron chi connectivity index (χ0n) is 16.5. The summed E-state index contributed by atoms with van der Waals surface area (Å²) in [6.07, 6.45) is 9.62. The van der Waals surface area contributed by atoms with Crippen molar-refractivity contribution in [1.29, 1.82) is 0 Å². The third-order valence-electron chi connectivity index (χ3n) is 7.06. The minimum Gasteiger partial charge on any atom is -0.353 e. The van der Waals surface area contributed by atoms with Crippen molar-refractivity contribution in [1.82, 2.24) is 20.4 Å². The lowest BCUT2D eigenvalue weighted by Gasteiger charge is -2.39. The van der Waals surface area contributed by atoms with E-state index < -0.39 is 5.41 Å². The molecule has 0 radical (unpaired) electrons. The molecule has 150 valence electrons. The fraction of sp³-hybridized carbons (Fsp3) is 0.478. The SMILES string of the molecule is O=C(c1ccnnc1)N1[C@@H]2CC[C@H]1[C@@](Cc1ccccc1)(C(=O)NC1CCC1)C2. The van der Waals surface area contributed by atoms with Gasteiger partial charge in [-0.25, -0.2) is 0 Å². The molecule has 29 heavy (non-hydrogen) atoms.